The molecular weight excluding hydrogens is 343 g/mol. The molecule has 0 radical (unpaired) electrons. The second kappa shape index (κ2) is 7.65. The number of anilines is 1. The van der Waals surface area contributed by atoms with Crippen LogP contribution in [0.25, 0.3) is 0 Å². The number of hydrogen-bond donors (Lipinski definition) is 2. The summed E-state index contributed by atoms with van der Waals surface area (Å²) in [6.07, 6.45) is 4.94. The van der Waals surface area contributed by atoms with Crippen LogP contribution in [0.2, 0.25) is 0 Å². The topological polar surface area (TPSA) is 81.4 Å². The summed E-state index contributed by atoms with van der Waals surface area (Å²) in [4.78, 5) is 25.1. The number of benzene rings is 1. The zero-order valence-electron chi connectivity index (χ0n) is 13.6. The van der Waals surface area contributed by atoms with E-state index in [1.807, 2.05) is 0 Å². The molecule has 0 aliphatic heterocycles. The van der Waals surface area contributed by atoms with Crippen molar-refractivity contribution in [2.24, 2.45) is 5.73 Å². The van der Waals surface area contributed by atoms with E-state index in [0.717, 1.165) is 42.5 Å². The zero-order valence-corrected chi connectivity index (χ0v) is 14.5. The number of nitrogens with one attached hydrogen (secondary N) is 1. The fraction of sp³-hybridized carbons (Fsp3) is 0.333. The van der Waals surface area contributed by atoms with Gasteiger partial charge in [0.1, 0.15) is 16.6 Å². The van der Waals surface area contributed by atoms with Crippen LogP contribution in [-0.2, 0) is 17.6 Å². The van der Waals surface area contributed by atoms with E-state index in [1.54, 1.807) is 0 Å². The standard InChI is InChI=1S/C18H19FN2O3S/c19-11-6-8-12(9-7-11)24-10-15(22)21-18-16(17(20)23)13-4-2-1-3-5-14(13)25-18/h6-9H,1-5,10H2,(H2,20,23)(H,21,22). The normalized spacial score (nSPS) is 13.6. The van der Waals surface area contributed by atoms with Crippen LogP contribution in [0, 0.1) is 5.82 Å². The Bertz CT molecular complexity index is 786. The minimum atomic E-state index is -0.519. The minimum Gasteiger partial charge on any atom is -0.484 e. The number of thiophene rings is 1. The van der Waals surface area contributed by atoms with Crippen molar-refractivity contribution >= 4 is 28.2 Å². The Kier molecular flexibility index (Phi) is 5.33. The molecule has 5 nitrogen and oxygen atoms in total. The Labute approximate surface area is 149 Å². The number of halogens is 1. The fourth-order valence-electron chi connectivity index (χ4n) is 2.93. The van der Waals surface area contributed by atoms with Crippen LogP contribution in [0.4, 0.5) is 9.39 Å². The first-order chi connectivity index (χ1) is 12.0. The summed E-state index contributed by atoms with van der Waals surface area (Å²) in [6.45, 7) is -0.230. The molecule has 0 fully saturated rings. The third kappa shape index (κ3) is 4.17. The van der Waals surface area contributed by atoms with Crippen LogP contribution >= 0.6 is 11.3 Å². The maximum absolute atomic E-state index is 12.9. The zero-order chi connectivity index (χ0) is 17.8. The predicted molar refractivity (Wildman–Crippen MR) is 94.6 cm³/mol. The van der Waals surface area contributed by atoms with Crippen molar-refractivity contribution in [2.75, 3.05) is 11.9 Å². The number of rotatable bonds is 5. The second-order valence-electron chi connectivity index (χ2n) is 5.92. The molecule has 3 rings (SSSR count). The lowest BCUT2D eigenvalue weighted by molar-refractivity contribution is -0.118. The number of fused-ring (bicyclic) bond motifs is 1. The fourth-order valence-corrected chi connectivity index (χ4v) is 4.24. The first-order valence-corrected chi connectivity index (χ1v) is 8.99. The molecule has 0 unspecified atom stereocenters. The molecule has 2 aromatic rings. The van der Waals surface area contributed by atoms with Gasteiger partial charge in [-0.2, -0.15) is 0 Å². The van der Waals surface area contributed by atoms with Crippen molar-refractivity contribution in [3.63, 3.8) is 0 Å². The summed E-state index contributed by atoms with van der Waals surface area (Å²) >= 11 is 1.42. The molecule has 7 heteroatoms. The lowest BCUT2D eigenvalue weighted by Crippen LogP contribution is -2.22. The van der Waals surface area contributed by atoms with Crippen molar-refractivity contribution in [3.05, 3.63) is 46.1 Å². The Morgan fingerprint density at radius 3 is 2.60 bits per heavy atom. The molecule has 1 heterocycles. The molecule has 1 aliphatic rings. The first kappa shape index (κ1) is 17.4. The number of aryl methyl sites for hydroxylation is 1. The van der Waals surface area contributed by atoms with Gasteiger partial charge in [0, 0.05) is 4.88 Å². The van der Waals surface area contributed by atoms with Gasteiger partial charge in [0.2, 0.25) is 0 Å². The summed E-state index contributed by atoms with van der Waals surface area (Å²) in [6, 6.07) is 5.42. The average molecular weight is 362 g/mol. The first-order valence-electron chi connectivity index (χ1n) is 8.17. The maximum atomic E-state index is 12.9. The van der Waals surface area contributed by atoms with E-state index in [2.05, 4.69) is 5.32 Å². The Balaban J connectivity index is 1.70. The highest BCUT2D eigenvalue weighted by atomic mass is 32.1. The third-order valence-electron chi connectivity index (χ3n) is 4.10. The van der Waals surface area contributed by atoms with Gasteiger partial charge in [0.25, 0.3) is 11.8 Å². The highest BCUT2D eigenvalue weighted by Crippen LogP contribution is 2.37. The van der Waals surface area contributed by atoms with Gasteiger partial charge in [-0.05, 0) is 55.5 Å². The van der Waals surface area contributed by atoms with Crippen LogP contribution < -0.4 is 15.8 Å². The number of carbonyl (C=O) groups is 2. The van der Waals surface area contributed by atoms with Crippen LogP contribution in [0.3, 0.4) is 0 Å². The van der Waals surface area contributed by atoms with E-state index < -0.39 is 5.91 Å². The number of primary amides is 1. The molecule has 0 saturated heterocycles. The quantitative estimate of drug-likeness (QED) is 0.801. The lowest BCUT2D eigenvalue weighted by Gasteiger charge is -2.08. The minimum absolute atomic E-state index is 0.230. The van der Waals surface area contributed by atoms with Gasteiger partial charge in [0.15, 0.2) is 6.61 Å². The summed E-state index contributed by atoms with van der Waals surface area (Å²) < 4.78 is 18.2. The lowest BCUT2D eigenvalue weighted by atomic mass is 10.1. The van der Waals surface area contributed by atoms with E-state index in [4.69, 9.17) is 10.5 Å². The number of ether oxygens (including phenoxy) is 1. The molecule has 3 N–H and O–H groups in total. The van der Waals surface area contributed by atoms with Crippen LogP contribution in [0.5, 0.6) is 5.75 Å². The molecule has 1 aromatic heterocycles. The van der Waals surface area contributed by atoms with E-state index in [-0.39, 0.29) is 18.3 Å². The third-order valence-corrected chi connectivity index (χ3v) is 5.31. The largest absolute Gasteiger partial charge is 0.484 e. The molecule has 0 bridgehead atoms. The molecule has 0 atom stereocenters. The number of nitrogens with two attached hydrogens (primary N) is 1. The van der Waals surface area contributed by atoms with Crippen molar-refractivity contribution < 1.29 is 18.7 Å². The van der Waals surface area contributed by atoms with Gasteiger partial charge >= 0.3 is 0 Å². The molecule has 1 aromatic carbocycles. The van der Waals surface area contributed by atoms with Gasteiger partial charge in [-0.15, -0.1) is 11.3 Å². The molecule has 25 heavy (non-hydrogen) atoms. The Hall–Kier alpha value is -2.41. The van der Waals surface area contributed by atoms with Gasteiger partial charge < -0.3 is 15.8 Å². The van der Waals surface area contributed by atoms with E-state index in [1.165, 1.54) is 35.6 Å². The van der Waals surface area contributed by atoms with Crippen molar-refractivity contribution in [3.8, 4) is 5.75 Å². The van der Waals surface area contributed by atoms with Crippen molar-refractivity contribution in [2.45, 2.75) is 32.1 Å². The SMILES string of the molecule is NC(=O)c1c(NC(=O)COc2ccc(F)cc2)sc2c1CCCCC2. The highest BCUT2D eigenvalue weighted by Gasteiger charge is 2.24. The Morgan fingerprint density at radius 1 is 1.16 bits per heavy atom. The summed E-state index contributed by atoms with van der Waals surface area (Å²) in [5.41, 5.74) is 6.94. The summed E-state index contributed by atoms with van der Waals surface area (Å²) in [5.74, 6) is -0.881. The predicted octanol–water partition coefficient (Wildman–Crippen LogP) is 3.27. The van der Waals surface area contributed by atoms with Crippen LogP contribution in [-0.4, -0.2) is 18.4 Å². The molecule has 0 saturated carbocycles. The second-order valence-corrected chi connectivity index (χ2v) is 7.03. The monoisotopic (exact) mass is 362 g/mol. The van der Waals surface area contributed by atoms with E-state index in [0.29, 0.717) is 16.3 Å². The van der Waals surface area contributed by atoms with Gasteiger partial charge in [-0.1, -0.05) is 6.42 Å². The smallest absolute Gasteiger partial charge is 0.262 e. The molecule has 1 aliphatic carbocycles. The summed E-state index contributed by atoms with van der Waals surface area (Å²) in [7, 11) is 0. The maximum Gasteiger partial charge on any atom is 0.262 e. The molecule has 0 spiro atoms. The summed E-state index contributed by atoms with van der Waals surface area (Å²) in [5, 5.41) is 3.22. The van der Waals surface area contributed by atoms with Crippen molar-refractivity contribution in [1.82, 2.24) is 0 Å². The van der Waals surface area contributed by atoms with Gasteiger partial charge in [-0.25, -0.2) is 4.39 Å². The Morgan fingerprint density at radius 2 is 1.88 bits per heavy atom. The van der Waals surface area contributed by atoms with Crippen LogP contribution in [0.1, 0.15) is 40.1 Å². The average Bonchev–Trinajstić information content (AvgIpc) is 2.75. The van der Waals surface area contributed by atoms with E-state index >= 15 is 0 Å². The molecule has 132 valence electrons. The van der Waals surface area contributed by atoms with Crippen molar-refractivity contribution in [1.29, 1.82) is 0 Å². The van der Waals surface area contributed by atoms with Gasteiger partial charge in [-0.3, -0.25) is 9.59 Å². The van der Waals surface area contributed by atoms with E-state index in [9.17, 15) is 14.0 Å². The molecule has 2 amide bonds. The number of hydrogen-bond acceptors (Lipinski definition) is 4. The molecular formula is C18H19FN2O3S. The number of amides is 2. The van der Waals surface area contributed by atoms with Gasteiger partial charge in [0.05, 0.1) is 5.56 Å². The number of carbonyl (C=O) groups excluding carboxylic acids is 2. The van der Waals surface area contributed by atoms with Crippen LogP contribution in [0.15, 0.2) is 24.3 Å². The highest BCUT2D eigenvalue weighted by molar-refractivity contribution is 7.17.